The van der Waals surface area contributed by atoms with Crippen molar-refractivity contribution in [1.29, 1.82) is 0 Å². The van der Waals surface area contributed by atoms with E-state index >= 15 is 0 Å². The molecular weight excluding hydrogens is 320 g/mol. The van der Waals surface area contributed by atoms with E-state index in [0.29, 0.717) is 12.6 Å². The lowest BCUT2D eigenvalue weighted by Crippen LogP contribution is -2.62. The number of nitrogens with zero attached hydrogens (tertiary/aromatic N) is 1. The van der Waals surface area contributed by atoms with Crippen LogP contribution in [0.15, 0.2) is 0 Å². The molecule has 6 nitrogen and oxygen atoms in total. The molecule has 0 aromatic heterocycles. The maximum absolute atomic E-state index is 9.98. The zero-order valence-corrected chi connectivity index (χ0v) is 15.7. The molecular formula is C19H38N2O4. The third kappa shape index (κ3) is 6.15. The Morgan fingerprint density at radius 3 is 2.40 bits per heavy atom. The molecule has 1 saturated heterocycles. The van der Waals surface area contributed by atoms with Crippen LogP contribution in [0.5, 0.6) is 0 Å². The first-order valence-electron chi connectivity index (χ1n) is 10.2. The second kappa shape index (κ2) is 10.8. The van der Waals surface area contributed by atoms with E-state index in [9.17, 15) is 20.4 Å². The number of likely N-dealkylation sites (tertiary alicyclic amines) is 1. The fourth-order valence-electron chi connectivity index (χ4n) is 4.34. The quantitative estimate of drug-likeness (QED) is 0.385. The summed E-state index contributed by atoms with van der Waals surface area (Å²) in [4.78, 5) is 1.91. The number of aliphatic hydroxyl groups excluding tert-OH is 4. The van der Waals surface area contributed by atoms with Gasteiger partial charge in [-0.1, -0.05) is 32.6 Å². The standard InChI is InChI=1S/C19H38N2O4/c1-14-8-4-5-9-15(14)20-10-6-2-3-7-11-21-12-17(23)19(25)18(24)16(21)13-22/h14-20,22-25H,2-13H2,1H3/t14?,15?,16-,17+,18-,19-/m1/s1. The van der Waals surface area contributed by atoms with Gasteiger partial charge < -0.3 is 25.7 Å². The molecule has 148 valence electrons. The summed E-state index contributed by atoms with van der Waals surface area (Å²) in [7, 11) is 0. The normalized spacial score (nSPS) is 37.3. The molecule has 0 aromatic rings. The average molecular weight is 359 g/mol. The van der Waals surface area contributed by atoms with Crippen LogP contribution in [0.2, 0.25) is 0 Å². The van der Waals surface area contributed by atoms with Crippen LogP contribution in [0.3, 0.4) is 0 Å². The number of unbranched alkanes of at least 4 members (excludes halogenated alkanes) is 3. The molecule has 0 aromatic carbocycles. The lowest BCUT2D eigenvalue weighted by molar-refractivity contribution is -0.145. The minimum absolute atomic E-state index is 0.200. The second-order valence-corrected chi connectivity index (χ2v) is 8.03. The molecule has 2 rings (SSSR count). The number of piperidine rings is 1. The van der Waals surface area contributed by atoms with Crippen molar-refractivity contribution in [2.45, 2.75) is 88.7 Å². The van der Waals surface area contributed by atoms with Gasteiger partial charge in [0, 0.05) is 12.6 Å². The molecule has 1 heterocycles. The van der Waals surface area contributed by atoms with Crippen molar-refractivity contribution in [3.8, 4) is 0 Å². The first-order chi connectivity index (χ1) is 12.0. The van der Waals surface area contributed by atoms with Crippen LogP contribution >= 0.6 is 0 Å². The van der Waals surface area contributed by atoms with E-state index in [2.05, 4.69) is 12.2 Å². The number of hydrogen-bond donors (Lipinski definition) is 5. The summed E-state index contributed by atoms with van der Waals surface area (Å²) >= 11 is 0. The summed E-state index contributed by atoms with van der Waals surface area (Å²) in [5, 5.41) is 42.7. The molecule has 0 amide bonds. The van der Waals surface area contributed by atoms with E-state index in [1.807, 2.05) is 4.90 Å². The minimum Gasteiger partial charge on any atom is -0.395 e. The molecule has 2 unspecified atom stereocenters. The topological polar surface area (TPSA) is 96.2 Å². The fraction of sp³-hybridized carbons (Fsp3) is 1.00. The second-order valence-electron chi connectivity index (χ2n) is 8.03. The molecule has 2 fully saturated rings. The van der Waals surface area contributed by atoms with Crippen LogP contribution in [-0.2, 0) is 0 Å². The van der Waals surface area contributed by atoms with Crippen molar-refractivity contribution < 1.29 is 20.4 Å². The van der Waals surface area contributed by atoms with Gasteiger partial charge in [-0.25, -0.2) is 0 Å². The molecule has 1 saturated carbocycles. The predicted molar refractivity (Wildman–Crippen MR) is 98.4 cm³/mol. The van der Waals surface area contributed by atoms with Gasteiger partial charge in [0.1, 0.15) is 12.2 Å². The first-order valence-corrected chi connectivity index (χ1v) is 10.2. The largest absolute Gasteiger partial charge is 0.395 e. The van der Waals surface area contributed by atoms with E-state index in [4.69, 9.17) is 0 Å². The molecule has 1 aliphatic heterocycles. The monoisotopic (exact) mass is 358 g/mol. The van der Waals surface area contributed by atoms with Crippen molar-refractivity contribution in [2.24, 2.45) is 5.92 Å². The Morgan fingerprint density at radius 2 is 1.68 bits per heavy atom. The Labute approximate surface area is 152 Å². The molecule has 1 aliphatic carbocycles. The molecule has 5 N–H and O–H groups in total. The lowest BCUT2D eigenvalue weighted by Gasteiger charge is -2.43. The van der Waals surface area contributed by atoms with Gasteiger partial charge in [-0.15, -0.1) is 0 Å². The Bertz CT molecular complexity index is 371. The third-order valence-electron chi connectivity index (χ3n) is 6.11. The van der Waals surface area contributed by atoms with Crippen LogP contribution in [0.1, 0.15) is 58.3 Å². The van der Waals surface area contributed by atoms with Crippen molar-refractivity contribution in [2.75, 3.05) is 26.2 Å². The van der Waals surface area contributed by atoms with Crippen LogP contribution in [-0.4, -0.2) is 82.0 Å². The van der Waals surface area contributed by atoms with Gasteiger partial charge in [-0.3, -0.25) is 4.90 Å². The Balaban J connectivity index is 1.56. The molecule has 2 aliphatic rings. The number of nitrogens with one attached hydrogen (secondary N) is 1. The summed E-state index contributed by atoms with van der Waals surface area (Å²) in [6.07, 6.45) is 6.63. The van der Waals surface area contributed by atoms with Crippen molar-refractivity contribution in [1.82, 2.24) is 10.2 Å². The van der Waals surface area contributed by atoms with Crippen molar-refractivity contribution in [3.05, 3.63) is 0 Å². The average Bonchev–Trinajstić information content (AvgIpc) is 2.60. The number of rotatable bonds is 9. The van der Waals surface area contributed by atoms with Crippen LogP contribution in [0, 0.1) is 5.92 Å². The fourth-order valence-corrected chi connectivity index (χ4v) is 4.34. The van der Waals surface area contributed by atoms with Gasteiger partial charge in [0.2, 0.25) is 0 Å². The molecule has 25 heavy (non-hydrogen) atoms. The number of hydrogen-bond acceptors (Lipinski definition) is 6. The Morgan fingerprint density at radius 1 is 0.960 bits per heavy atom. The van der Waals surface area contributed by atoms with Crippen LogP contribution < -0.4 is 5.32 Å². The number of β-amino-alcohol motifs (C(OH)–C–C–N with tert-alkyl or cyclic N) is 1. The molecule has 0 bridgehead atoms. The summed E-state index contributed by atoms with van der Waals surface area (Å²) in [5.41, 5.74) is 0. The van der Waals surface area contributed by atoms with Crippen LogP contribution in [0.25, 0.3) is 0 Å². The zero-order chi connectivity index (χ0) is 18.2. The highest BCUT2D eigenvalue weighted by molar-refractivity contribution is 4.94. The van der Waals surface area contributed by atoms with Crippen molar-refractivity contribution in [3.63, 3.8) is 0 Å². The maximum atomic E-state index is 9.98. The Hall–Kier alpha value is -0.240. The highest BCUT2D eigenvalue weighted by Gasteiger charge is 2.40. The van der Waals surface area contributed by atoms with E-state index < -0.39 is 24.4 Å². The summed E-state index contributed by atoms with van der Waals surface area (Å²) in [6.45, 7) is 4.28. The summed E-state index contributed by atoms with van der Waals surface area (Å²) in [6, 6.07) is 0.217. The van der Waals surface area contributed by atoms with Crippen LogP contribution in [0.4, 0.5) is 0 Å². The third-order valence-corrected chi connectivity index (χ3v) is 6.11. The zero-order valence-electron chi connectivity index (χ0n) is 15.7. The summed E-state index contributed by atoms with van der Waals surface area (Å²) < 4.78 is 0. The predicted octanol–water partition coefficient (Wildman–Crippen LogP) is 0.474. The molecule has 0 spiro atoms. The highest BCUT2D eigenvalue weighted by Crippen LogP contribution is 2.23. The van der Waals surface area contributed by atoms with Gasteiger partial charge in [0.05, 0.1) is 18.8 Å². The molecule has 0 radical (unpaired) electrons. The lowest BCUT2D eigenvalue weighted by atomic mass is 9.86. The van der Waals surface area contributed by atoms with Gasteiger partial charge in [-0.2, -0.15) is 0 Å². The van der Waals surface area contributed by atoms with Gasteiger partial charge in [-0.05, 0) is 44.7 Å². The smallest absolute Gasteiger partial charge is 0.109 e. The van der Waals surface area contributed by atoms with Gasteiger partial charge in [0.15, 0.2) is 0 Å². The number of aliphatic hydroxyl groups is 4. The van der Waals surface area contributed by atoms with E-state index in [-0.39, 0.29) is 6.61 Å². The van der Waals surface area contributed by atoms with Crippen molar-refractivity contribution >= 4 is 0 Å². The SMILES string of the molecule is CC1CCCCC1NCCCCCCN1C[C@H](O)[C@@H](O)[C@H](O)[C@H]1CO. The van der Waals surface area contributed by atoms with E-state index in [1.54, 1.807) is 0 Å². The minimum atomic E-state index is -1.17. The Kier molecular flexibility index (Phi) is 9.10. The molecule has 6 heteroatoms. The van der Waals surface area contributed by atoms with E-state index in [0.717, 1.165) is 31.8 Å². The van der Waals surface area contributed by atoms with E-state index in [1.165, 1.54) is 38.5 Å². The first kappa shape index (κ1) is 21.1. The highest BCUT2D eigenvalue weighted by atomic mass is 16.4. The van der Waals surface area contributed by atoms with Gasteiger partial charge in [0.25, 0.3) is 0 Å². The molecule has 6 atom stereocenters. The maximum Gasteiger partial charge on any atom is 0.109 e. The van der Waals surface area contributed by atoms with Gasteiger partial charge >= 0.3 is 0 Å². The summed E-state index contributed by atoms with van der Waals surface area (Å²) in [5.74, 6) is 0.802.